The van der Waals surface area contributed by atoms with Crippen LogP contribution in [0.5, 0.6) is 11.5 Å². The molecule has 0 aliphatic carbocycles. The molecule has 0 aliphatic heterocycles. The predicted octanol–water partition coefficient (Wildman–Crippen LogP) is 2.78. The van der Waals surface area contributed by atoms with Gasteiger partial charge < -0.3 is 19.5 Å². The standard InChI is InChI=1S/C15H25NO3/c1-6-16-15(11(3)19-7-2)14-12(17-4)9-8-10-13(14)18-5/h8-11,15-16H,6-7H2,1-5H3. The summed E-state index contributed by atoms with van der Waals surface area (Å²) in [6.45, 7) is 7.67. The van der Waals surface area contributed by atoms with Crippen molar-refractivity contribution in [1.29, 1.82) is 0 Å². The van der Waals surface area contributed by atoms with Gasteiger partial charge in [0.2, 0.25) is 0 Å². The lowest BCUT2D eigenvalue weighted by Gasteiger charge is -2.27. The van der Waals surface area contributed by atoms with E-state index in [2.05, 4.69) is 19.2 Å². The van der Waals surface area contributed by atoms with E-state index in [1.807, 2.05) is 25.1 Å². The smallest absolute Gasteiger partial charge is 0.127 e. The number of hydrogen-bond acceptors (Lipinski definition) is 4. The zero-order valence-corrected chi connectivity index (χ0v) is 12.5. The second kappa shape index (κ2) is 8.02. The number of nitrogens with one attached hydrogen (secondary N) is 1. The normalized spacial score (nSPS) is 13.9. The van der Waals surface area contributed by atoms with Crippen LogP contribution in [0.3, 0.4) is 0 Å². The first-order chi connectivity index (χ1) is 9.19. The molecule has 1 N–H and O–H groups in total. The summed E-state index contributed by atoms with van der Waals surface area (Å²) >= 11 is 0. The van der Waals surface area contributed by atoms with Crippen LogP contribution in [0.4, 0.5) is 0 Å². The van der Waals surface area contributed by atoms with Gasteiger partial charge >= 0.3 is 0 Å². The third kappa shape index (κ3) is 3.85. The van der Waals surface area contributed by atoms with Crippen molar-refractivity contribution in [3.63, 3.8) is 0 Å². The molecule has 0 aromatic heterocycles. The fourth-order valence-electron chi connectivity index (χ4n) is 2.27. The maximum atomic E-state index is 5.74. The van der Waals surface area contributed by atoms with E-state index in [9.17, 15) is 0 Å². The molecular formula is C15H25NO3. The maximum Gasteiger partial charge on any atom is 0.127 e. The van der Waals surface area contributed by atoms with Gasteiger partial charge in [-0.25, -0.2) is 0 Å². The van der Waals surface area contributed by atoms with Gasteiger partial charge in [-0.15, -0.1) is 0 Å². The summed E-state index contributed by atoms with van der Waals surface area (Å²) < 4.78 is 16.7. The molecule has 0 amide bonds. The number of ether oxygens (including phenoxy) is 3. The molecule has 1 aromatic rings. The summed E-state index contributed by atoms with van der Waals surface area (Å²) in [7, 11) is 3.35. The SMILES string of the molecule is CCNC(c1c(OC)cccc1OC)C(C)OCC. The first kappa shape index (κ1) is 15.8. The molecule has 4 nitrogen and oxygen atoms in total. The molecule has 0 saturated carbocycles. The highest BCUT2D eigenvalue weighted by atomic mass is 16.5. The Labute approximate surface area is 116 Å². The average molecular weight is 267 g/mol. The van der Waals surface area contributed by atoms with Crippen LogP contribution in [-0.4, -0.2) is 33.5 Å². The molecule has 0 fully saturated rings. The molecule has 0 saturated heterocycles. The Morgan fingerprint density at radius 1 is 1.11 bits per heavy atom. The van der Waals surface area contributed by atoms with Crippen molar-refractivity contribution in [3.05, 3.63) is 23.8 Å². The molecule has 2 unspecified atom stereocenters. The number of likely N-dealkylation sites (N-methyl/N-ethyl adjacent to an activating group) is 1. The molecule has 0 spiro atoms. The van der Waals surface area contributed by atoms with Crippen LogP contribution in [0.25, 0.3) is 0 Å². The van der Waals surface area contributed by atoms with E-state index in [0.29, 0.717) is 6.61 Å². The topological polar surface area (TPSA) is 39.7 Å². The Morgan fingerprint density at radius 3 is 2.11 bits per heavy atom. The fourth-order valence-corrected chi connectivity index (χ4v) is 2.27. The van der Waals surface area contributed by atoms with Crippen molar-refractivity contribution in [2.24, 2.45) is 0 Å². The van der Waals surface area contributed by atoms with Crippen LogP contribution in [-0.2, 0) is 4.74 Å². The lowest BCUT2D eigenvalue weighted by atomic mass is 9.99. The molecule has 108 valence electrons. The second-order valence-electron chi connectivity index (χ2n) is 4.27. The summed E-state index contributed by atoms with van der Waals surface area (Å²) in [5, 5.41) is 3.45. The number of rotatable bonds is 8. The van der Waals surface area contributed by atoms with Gasteiger partial charge in [0.15, 0.2) is 0 Å². The van der Waals surface area contributed by atoms with Gasteiger partial charge in [0.1, 0.15) is 11.5 Å². The van der Waals surface area contributed by atoms with E-state index < -0.39 is 0 Å². The van der Waals surface area contributed by atoms with Crippen LogP contribution in [0.15, 0.2) is 18.2 Å². The van der Waals surface area contributed by atoms with Crippen molar-refractivity contribution in [1.82, 2.24) is 5.32 Å². The molecule has 1 aromatic carbocycles. The van der Waals surface area contributed by atoms with Crippen molar-refractivity contribution in [2.75, 3.05) is 27.4 Å². The summed E-state index contributed by atoms with van der Waals surface area (Å²) in [4.78, 5) is 0. The Hall–Kier alpha value is -1.26. The van der Waals surface area contributed by atoms with E-state index in [1.165, 1.54) is 0 Å². The minimum atomic E-state index is 0.0372. The molecule has 19 heavy (non-hydrogen) atoms. The fraction of sp³-hybridized carbons (Fsp3) is 0.600. The molecule has 4 heteroatoms. The van der Waals surface area contributed by atoms with Crippen LogP contribution < -0.4 is 14.8 Å². The van der Waals surface area contributed by atoms with E-state index in [1.54, 1.807) is 14.2 Å². The van der Waals surface area contributed by atoms with E-state index in [4.69, 9.17) is 14.2 Å². The predicted molar refractivity (Wildman–Crippen MR) is 77.1 cm³/mol. The van der Waals surface area contributed by atoms with Gasteiger partial charge in [-0.1, -0.05) is 13.0 Å². The lowest BCUT2D eigenvalue weighted by Crippen LogP contribution is -2.32. The van der Waals surface area contributed by atoms with E-state index in [-0.39, 0.29) is 12.1 Å². The Kier molecular flexibility index (Phi) is 6.67. The van der Waals surface area contributed by atoms with Crippen LogP contribution >= 0.6 is 0 Å². The number of methoxy groups -OCH3 is 2. The zero-order valence-electron chi connectivity index (χ0n) is 12.5. The second-order valence-corrected chi connectivity index (χ2v) is 4.27. The molecular weight excluding hydrogens is 242 g/mol. The Bertz CT molecular complexity index is 359. The summed E-state index contributed by atoms with van der Waals surface area (Å²) in [6, 6.07) is 5.85. The van der Waals surface area contributed by atoms with Gasteiger partial charge in [-0.2, -0.15) is 0 Å². The summed E-state index contributed by atoms with van der Waals surface area (Å²) in [5.41, 5.74) is 1.01. The highest BCUT2D eigenvalue weighted by molar-refractivity contribution is 5.47. The van der Waals surface area contributed by atoms with Crippen molar-refractivity contribution >= 4 is 0 Å². The van der Waals surface area contributed by atoms with E-state index in [0.717, 1.165) is 23.6 Å². The first-order valence-corrected chi connectivity index (χ1v) is 6.75. The van der Waals surface area contributed by atoms with Gasteiger partial charge in [0.05, 0.1) is 31.9 Å². The molecule has 1 rings (SSSR count). The minimum absolute atomic E-state index is 0.0372. The molecule has 0 heterocycles. The van der Waals surface area contributed by atoms with Gasteiger partial charge in [0.25, 0.3) is 0 Å². The largest absolute Gasteiger partial charge is 0.496 e. The third-order valence-corrected chi connectivity index (χ3v) is 3.10. The summed E-state index contributed by atoms with van der Waals surface area (Å²) in [6.07, 6.45) is 0.0372. The molecule has 0 bridgehead atoms. The lowest BCUT2D eigenvalue weighted by molar-refractivity contribution is 0.0463. The van der Waals surface area contributed by atoms with Crippen LogP contribution in [0.1, 0.15) is 32.4 Å². The number of hydrogen-bond donors (Lipinski definition) is 1. The Morgan fingerprint density at radius 2 is 1.68 bits per heavy atom. The number of benzene rings is 1. The first-order valence-electron chi connectivity index (χ1n) is 6.75. The van der Waals surface area contributed by atoms with Gasteiger partial charge in [-0.05, 0) is 32.5 Å². The molecule has 2 atom stereocenters. The highest BCUT2D eigenvalue weighted by Gasteiger charge is 2.25. The quantitative estimate of drug-likeness (QED) is 0.786. The van der Waals surface area contributed by atoms with Gasteiger partial charge in [-0.3, -0.25) is 0 Å². The van der Waals surface area contributed by atoms with Crippen LogP contribution in [0, 0.1) is 0 Å². The Balaban J connectivity index is 3.19. The van der Waals surface area contributed by atoms with Gasteiger partial charge in [0, 0.05) is 6.61 Å². The molecule has 0 radical (unpaired) electrons. The van der Waals surface area contributed by atoms with Crippen LogP contribution in [0.2, 0.25) is 0 Å². The monoisotopic (exact) mass is 267 g/mol. The zero-order chi connectivity index (χ0) is 14.3. The van der Waals surface area contributed by atoms with Crippen molar-refractivity contribution in [2.45, 2.75) is 32.9 Å². The minimum Gasteiger partial charge on any atom is -0.496 e. The maximum absolute atomic E-state index is 5.74. The summed E-state index contributed by atoms with van der Waals surface area (Å²) in [5.74, 6) is 1.63. The third-order valence-electron chi connectivity index (χ3n) is 3.10. The average Bonchev–Trinajstić information content (AvgIpc) is 2.44. The van der Waals surface area contributed by atoms with E-state index >= 15 is 0 Å². The molecule has 0 aliphatic rings. The highest BCUT2D eigenvalue weighted by Crippen LogP contribution is 2.36. The van der Waals surface area contributed by atoms with Crippen molar-refractivity contribution in [3.8, 4) is 11.5 Å². The van der Waals surface area contributed by atoms with Crippen molar-refractivity contribution < 1.29 is 14.2 Å².